The second-order valence-electron chi connectivity index (χ2n) is 7.08. The minimum Gasteiger partial charge on any atom is -0.466 e. The fraction of sp³-hybridized carbons (Fsp3) is 0.429. The van der Waals surface area contributed by atoms with Crippen molar-refractivity contribution in [3.05, 3.63) is 57.9 Å². The van der Waals surface area contributed by atoms with Gasteiger partial charge in [0.25, 0.3) is 0 Å². The van der Waals surface area contributed by atoms with Crippen LogP contribution in [0.1, 0.15) is 63.0 Å². The Morgan fingerprint density at radius 1 is 1.20 bits per heavy atom. The van der Waals surface area contributed by atoms with Gasteiger partial charge < -0.3 is 10.1 Å². The van der Waals surface area contributed by atoms with E-state index in [1.54, 1.807) is 0 Å². The van der Waals surface area contributed by atoms with Gasteiger partial charge in [0.2, 0.25) is 0 Å². The van der Waals surface area contributed by atoms with E-state index in [9.17, 15) is 9.59 Å². The Bertz CT molecular complexity index is 769. The number of dihydropyridines is 1. The molecule has 1 atom stereocenters. The van der Waals surface area contributed by atoms with Crippen LogP contribution < -0.4 is 5.32 Å². The molecule has 4 nitrogen and oxygen atoms in total. The number of carbonyl (C=O) groups is 2. The van der Waals surface area contributed by atoms with Gasteiger partial charge in [-0.2, -0.15) is 0 Å². The van der Waals surface area contributed by atoms with Crippen LogP contribution in [0, 0.1) is 0 Å². The van der Waals surface area contributed by atoms with Gasteiger partial charge in [-0.25, -0.2) is 4.79 Å². The molecule has 0 spiro atoms. The van der Waals surface area contributed by atoms with Gasteiger partial charge in [-0.05, 0) is 36.8 Å². The molecule has 2 aliphatic rings. The largest absolute Gasteiger partial charge is 0.466 e. The number of benzene rings is 1. The van der Waals surface area contributed by atoms with E-state index >= 15 is 0 Å². The molecule has 0 fully saturated rings. The maximum absolute atomic E-state index is 12.7. The lowest BCUT2D eigenvalue weighted by molar-refractivity contribution is -0.136. The van der Waals surface area contributed by atoms with Gasteiger partial charge >= 0.3 is 5.97 Å². The summed E-state index contributed by atoms with van der Waals surface area (Å²) in [5.74, 6) is -0.170. The molecule has 3 rings (SSSR count). The second-order valence-corrected chi connectivity index (χ2v) is 7.08. The number of ketones is 1. The topological polar surface area (TPSA) is 55.4 Å². The summed E-state index contributed by atoms with van der Waals surface area (Å²) in [6.07, 6.45) is 2.23. The average molecular weight is 339 g/mol. The minimum atomic E-state index is -0.382. The molecule has 4 heteroatoms. The third-order valence-electron chi connectivity index (χ3n) is 5.12. The van der Waals surface area contributed by atoms with Gasteiger partial charge in [0.1, 0.15) is 0 Å². The Balaban J connectivity index is 2.14. The fourth-order valence-corrected chi connectivity index (χ4v) is 3.77. The summed E-state index contributed by atoms with van der Waals surface area (Å²) in [6.45, 7) is 6.17. The molecule has 25 heavy (non-hydrogen) atoms. The predicted octanol–water partition coefficient (Wildman–Crippen LogP) is 3.95. The minimum absolute atomic E-state index is 0.126. The van der Waals surface area contributed by atoms with Crippen molar-refractivity contribution in [3.8, 4) is 0 Å². The Morgan fingerprint density at radius 2 is 1.88 bits per heavy atom. The first-order chi connectivity index (χ1) is 11.9. The van der Waals surface area contributed by atoms with Crippen LogP contribution in [-0.4, -0.2) is 18.9 Å². The van der Waals surface area contributed by atoms with E-state index < -0.39 is 0 Å². The van der Waals surface area contributed by atoms with Crippen molar-refractivity contribution in [2.45, 2.75) is 51.9 Å². The number of methoxy groups -OCH3 is 1. The molecule has 0 radical (unpaired) electrons. The van der Waals surface area contributed by atoms with E-state index in [0.717, 1.165) is 35.4 Å². The third kappa shape index (κ3) is 3.13. The standard InChI is InChI=1S/C21H25NO3/c1-12(2)14-8-10-15(11-9-14)19-18(21(24)25-4)13(3)22-16-6-5-7-17(23)20(16)19/h8-12,19,22H,5-7H2,1-4H3/t19-/m0/s1. The van der Waals surface area contributed by atoms with Crippen molar-refractivity contribution < 1.29 is 14.3 Å². The highest BCUT2D eigenvalue weighted by Crippen LogP contribution is 2.42. The predicted molar refractivity (Wildman–Crippen MR) is 97.0 cm³/mol. The molecule has 1 N–H and O–H groups in total. The number of rotatable bonds is 3. The van der Waals surface area contributed by atoms with Crippen molar-refractivity contribution in [1.82, 2.24) is 5.32 Å². The third-order valence-corrected chi connectivity index (χ3v) is 5.12. The molecule has 0 unspecified atom stereocenters. The van der Waals surface area contributed by atoms with E-state index in [4.69, 9.17) is 4.74 Å². The smallest absolute Gasteiger partial charge is 0.336 e. The summed E-state index contributed by atoms with van der Waals surface area (Å²) in [6, 6.07) is 8.24. The number of nitrogens with one attached hydrogen (secondary N) is 1. The first-order valence-corrected chi connectivity index (χ1v) is 8.86. The zero-order valence-electron chi connectivity index (χ0n) is 15.3. The Morgan fingerprint density at radius 3 is 2.48 bits per heavy atom. The lowest BCUT2D eigenvalue weighted by atomic mass is 9.75. The lowest BCUT2D eigenvalue weighted by Gasteiger charge is -2.34. The molecule has 0 bridgehead atoms. The number of hydrogen-bond acceptors (Lipinski definition) is 4. The number of ether oxygens (including phenoxy) is 1. The normalized spacial score (nSPS) is 20.5. The maximum Gasteiger partial charge on any atom is 0.336 e. The molecule has 1 aromatic carbocycles. The van der Waals surface area contributed by atoms with Crippen LogP contribution >= 0.6 is 0 Å². The monoisotopic (exact) mass is 339 g/mol. The molecule has 0 amide bonds. The molecule has 1 aliphatic heterocycles. The van der Waals surface area contributed by atoms with Crippen LogP contribution in [0.25, 0.3) is 0 Å². The van der Waals surface area contributed by atoms with Crippen molar-refractivity contribution >= 4 is 11.8 Å². The van der Waals surface area contributed by atoms with Crippen LogP contribution in [0.3, 0.4) is 0 Å². The van der Waals surface area contributed by atoms with Gasteiger partial charge in [0.15, 0.2) is 5.78 Å². The zero-order valence-corrected chi connectivity index (χ0v) is 15.3. The van der Waals surface area contributed by atoms with Crippen molar-refractivity contribution in [2.75, 3.05) is 7.11 Å². The van der Waals surface area contributed by atoms with E-state index in [2.05, 4.69) is 31.3 Å². The van der Waals surface area contributed by atoms with Crippen LogP contribution in [0.5, 0.6) is 0 Å². The molecule has 0 saturated heterocycles. The number of allylic oxidation sites excluding steroid dienone is 3. The van der Waals surface area contributed by atoms with Gasteiger partial charge in [-0.1, -0.05) is 38.1 Å². The Kier molecular flexibility index (Phi) is 4.80. The second kappa shape index (κ2) is 6.87. The molecule has 1 aliphatic carbocycles. The number of esters is 1. The Labute approximate surface area is 149 Å². The first kappa shape index (κ1) is 17.5. The van der Waals surface area contributed by atoms with Crippen LogP contribution in [-0.2, 0) is 14.3 Å². The van der Waals surface area contributed by atoms with Gasteiger partial charge in [-0.15, -0.1) is 0 Å². The molecule has 0 aromatic heterocycles. The van der Waals surface area contributed by atoms with Crippen LogP contribution in [0.15, 0.2) is 46.8 Å². The SMILES string of the molecule is COC(=O)C1=C(C)NC2=C(C(=O)CCC2)[C@H]1c1ccc(C(C)C)cc1. The van der Waals surface area contributed by atoms with E-state index in [-0.39, 0.29) is 17.7 Å². The van der Waals surface area contributed by atoms with Gasteiger partial charge in [0.05, 0.1) is 12.7 Å². The Hall–Kier alpha value is -2.36. The van der Waals surface area contributed by atoms with E-state index in [0.29, 0.717) is 17.9 Å². The lowest BCUT2D eigenvalue weighted by Crippen LogP contribution is -2.34. The first-order valence-electron chi connectivity index (χ1n) is 8.86. The molecule has 0 saturated carbocycles. The molecular weight excluding hydrogens is 314 g/mol. The highest BCUT2D eigenvalue weighted by atomic mass is 16.5. The summed E-state index contributed by atoms with van der Waals surface area (Å²) in [4.78, 5) is 25.1. The van der Waals surface area contributed by atoms with Crippen molar-refractivity contribution in [1.29, 1.82) is 0 Å². The van der Waals surface area contributed by atoms with E-state index in [1.165, 1.54) is 12.7 Å². The molecule has 1 aromatic rings. The number of carbonyl (C=O) groups excluding carboxylic acids is 2. The summed E-state index contributed by atoms with van der Waals surface area (Å²) in [5.41, 5.74) is 5.21. The molecule has 132 valence electrons. The van der Waals surface area contributed by atoms with E-state index in [1.807, 2.05) is 19.1 Å². The maximum atomic E-state index is 12.7. The highest BCUT2D eigenvalue weighted by molar-refractivity contribution is 6.03. The molecule has 1 heterocycles. The van der Waals surface area contributed by atoms with Crippen molar-refractivity contribution in [3.63, 3.8) is 0 Å². The summed E-state index contributed by atoms with van der Waals surface area (Å²) in [7, 11) is 1.38. The summed E-state index contributed by atoms with van der Waals surface area (Å²) < 4.78 is 5.02. The number of Topliss-reactive ketones (excluding diaryl/α,β-unsaturated/α-hetero) is 1. The van der Waals surface area contributed by atoms with Gasteiger partial charge in [-0.3, -0.25) is 4.79 Å². The highest BCUT2D eigenvalue weighted by Gasteiger charge is 2.38. The summed E-state index contributed by atoms with van der Waals surface area (Å²) >= 11 is 0. The van der Waals surface area contributed by atoms with Gasteiger partial charge in [0, 0.05) is 29.3 Å². The van der Waals surface area contributed by atoms with Crippen LogP contribution in [0.4, 0.5) is 0 Å². The zero-order chi connectivity index (χ0) is 18.1. The van der Waals surface area contributed by atoms with Crippen LogP contribution in [0.2, 0.25) is 0 Å². The molecular formula is C21H25NO3. The number of hydrogen-bond donors (Lipinski definition) is 1. The quantitative estimate of drug-likeness (QED) is 0.847. The fourth-order valence-electron chi connectivity index (χ4n) is 3.77. The summed E-state index contributed by atoms with van der Waals surface area (Å²) in [5, 5.41) is 3.28. The van der Waals surface area contributed by atoms with Crippen molar-refractivity contribution in [2.24, 2.45) is 0 Å². The average Bonchev–Trinajstić information content (AvgIpc) is 2.60.